The standard InChI is InChI=1S/C22H24/c1-4-8-22-16(2)13-21(17(22)3)15-18-11-12-20(14-18)19-9-6-5-7-10-19/h5-7,9-12,15,22H,2-4,8,13-14H2,1H3. The number of hydrogen-bond acceptors (Lipinski definition) is 0. The molecule has 0 aromatic heterocycles. The Balaban J connectivity index is 1.71. The maximum atomic E-state index is 4.33. The number of allylic oxidation sites excluding steroid dienone is 8. The lowest BCUT2D eigenvalue weighted by molar-refractivity contribution is 0.658. The highest BCUT2D eigenvalue weighted by Crippen LogP contribution is 2.42. The van der Waals surface area contributed by atoms with Crippen LogP contribution in [0, 0.1) is 5.92 Å². The molecular formula is C22H24. The SMILES string of the molecule is C=C1CC(=CC2=CC=C(c3ccccc3)C2)C(=C)C1CCC. The van der Waals surface area contributed by atoms with Gasteiger partial charge in [0.25, 0.3) is 0 Å². The van der Waals surface area contributed by atoms with Crippen molar-refractivity contribution in [2.45, 2.75) is 32.6 Å². The fraction of sp³-hybridized carbons (Fsp3) is 0.273. The van der Waals surface area contributed by atoms with Crippen LogP contribution in [0.15, 0.2) is 84.0 Å². The molecule has 0 amide bonds. The molecule has 1 aromatic carbocycles. The zero-order valence-electron chi connectivity index (χ0n) is 13.4. The van der Waals surface area contributed by atoms with E-state index in [1.54, 1.807) is 0 Å². The summed E-state index contributed by atoms with van der Waals surface area (Å²) >= 11 is 0. The molecule has 0 N–H and O–H groups in total. The third-order valence-corrected chi connectivity index (χ3v) is 4.72. The predicted octanol–water partition coefficient (Wildman–Crippen LogP) is 6.26. The first-order valence-electron chi connectivity index (χ1n) is 8.21. The molecule has 0 aliphatic heterocycles. The number of rotatable bonds is 4. The van der Waals surface area contributed by atoms with Gasteiger partial charge in [-0.2, -0.15) is 0 Å². The monoisotopic (exact) mass is 288 g/mol. The van der Waals surface area contributed by atoms with Gasteiger partial charge in [-0.1, -0.05) is 80.6 Å². The van der Waals surface area contributed by atoms with Gasteiger partial charge in [-0.05, 0) is 47.1 Å². The Hall–Kier alpha value is -2.08. The van der Waals surface area contributed by atoms with Crippen molar-refractivity contribution in [1.82, 2.24) is 0 Å². The first-order valence-corrected chi connectivity index (χ1v) is 8.21. The van der Waals surface area contributed by atoms with E-state index in [0.29, 0.717) is 5.92 Å². The predicted molar refractivity (Wildman–Crippen MR) is 96.5 cm³/mol. The van der Waals surface area contributed by atoms with E-state index in [1.807, 2.05) is 0 Å². The summed E-state index contributed by atoms with van der Waals surface area (Å²) < 4.78 is 0. The lowest BCUT2D eigenvalue weighted by Gasteiger charge is -2.10. The van der Waals surface area contributed by atoms with Gasteiger partial charge in [0.15, 0.2) is 0 Å². The van der Waals surface area contributed by atoms with Gasteiger partial charge in [-0.3, -0.25) is 0 Å². The molecule has 0 bridgehead atoms. The van der Waals surface area contributed by atoms with Crippen molar-refractivity contribution in [1.29, 1.82) is 0 Å². The number of hydrogen-bond donors (Lipinski definition) is 0. The van der Waals surface area contributed by atoms with Crippen LogP contribution in [0.4, 0.5) is 0 Å². The minimum Gasteiger partial charge on any atom is -0.0989 e. The van der Waals surface area contributed by atoms with Crippen LogP contribution >= 0.6 is 0 Å². The second-order valence-corrected chi connectivity index (χ2v) is 6.35. The molecule has 0 heterocycles. The molecule has 2 aliphatic rings. The molecule has 0 radical (unpaired) electrons. The molecule has 1 aromatic rings. The minimum atomic E-state index is 0.500. The minimum absolute atomic E-state index is 0.500. The molecule has 0 nitrogen and oxygen atoms in total. The summed E-state index contributed by atoms with van der Waals surface area (Å²) in [5.74, 6) is 0.500. The summed E-state index contributed by atoms with van der Waals surface area (Å²) in [4.78, 5) is 0. The Morgan fingerprint density at radius 1 is 1.09 bits per heavy atom. The third-order valence-electron chi connectivity index (χ3n) is 4.72. The first-order chi connectivity index (χ1) is 10.7. The second-order valence-electron chi connectivity index (χ2n) is 6.35. The van der Waals surface area contributed by atoms with Crippen LogP contribution in [0.25, 0.3) is 5.57 Å². The molecule has 22 heavy (non-hydrogen) atoms. The zero-order chi connectivity index (χ0) is 15.5. The van der Waals surface area contributed by atoms with E-state index in [4.69, 9.17) is 0 Å². The Bertz CT molecular complexity index is 680. The summed E-state index contributed by atoms with van der Waals surface area (Å²) in [6.45, 7) is 10.8. The van der Waals surface area contributed by atoms with E-state index in [9.17, 15) is 0 Å². The molecule has 112 valence electrons. The van der Waals surface area contributed by atoms with E-state index >= 15 is 0 Å². The highest BCUT2D eigenvalue weighted by Gasteiger charge is 2.26. The zero-order valence-corrected chi connectivity index (χ0v) is 13.4. The van der Waals surface area contributed by atoms with Crippen molar-refractivity contribution in [2.24, 2.45) is 5.92 Å². The van der Waals surface area contributed by atoms with Crippen molar-refractivity contribution >= 4 is 5.57 Å². The normalized spacial score (nSPS) is 23.1. The van der Waals surface area contributed by atoms with Gasteiger partial charge < -0.3 is 0 Å². The Kier molecular flexibility index (Phi) is 4.29. The van der Waals surface area contributed by atoms with Crippen LogP contribution in [-0.2, 0) is 0 Å². The average molecular weight is 288 g/mol. The van der Waals surface area contributed by atoms with Gasteiger partial charge in [0.05, 0.1) is 0 Å². The van der Waals surface area contributed by atoms with Gasteiger partial charge in [-0.25, -0.2) is 0 Å². The molecule has 1 unspecified atom stereocenters. The summed E-state index contributed by atoms with van der Waals surface area (Å²) in [6.07, 6.45) is 11.2. The molecule has 0 heteroatoms. The van der Waals surface area contributed by atoms with Crippen LogP contribution in [0.2, 0.25) is 0 Å². The van der Waals surface area contributed by atoms with Crippen molar-refractivity contribution < 1.29 is 0 Å². The fourth-order valence-corrected chi connectivity index (χ4v) is 3.48. The van der Waals surface area contributed by atoms with Gasteiger partial charge in [0, 0.05) is 5.92 Å². The molecule has 0 spiro atoms. The lowest BCUT2D eigenvalue weighted by atomic mass is 9.94. The molecule has 2 aliphatic carbocycles. The third kappa shape index (κ3) is 2.92. The Labute approximate surface area is 134 Å². The summed E-state index contributed by atoms with van der Waals surface area (Å²) in [5, 5.41) is 0. The van der Waals surface area contributed by atoms with Gasteiger partial charge >= 0.3 is 0 Å². The van der Waals surface area contributed by atoms with Crippen LogP contribution in [-0.4, -0.2) is 0 Å². The highest BCUT2D eigenvalue weighted by molar-refractivity contribution is 5.73. The van der Waals surface area contributed by atoms with Crippen LogP contribution in [0.1, 0.15) is 38.2 Å². The van der Waals surface area contributed by atoms with Gasteiger partial charge in [-0.15, -0.1) is 0 Å². The van der Waals surface area contributed by atoms with Crippen molar-refractivity contribution in [3.8, 4) is 0 Å². The van der Waals surface area contributed by atoms with Crippen LogP contribution < -0.4 is 0 Å². The van der Waals surface area contributed by atoms with E-state index < -0.39 is 0 Å². The average Bonchev–Trinajstić information content (AvgIpc) is 3.09. The van der Waals surface area contributed by atoms with Gasteiger partial charge in [0.2, 0.25) is 0 Å². The first kappa shape index (κ1) is 14.8. The summed E-state index contributed by atoms with van der Waals surface area (Å²) in [7, 11) is 0. The summed E-state index contributed by atoms with van der Waals surface area (Å²) in [5.41, 5.74) is 8.14. The van der Waals surface area contributed by atoms with E-state index in [-0.39, 0.29) is 0 Å². The van der Waals surface area contributed by atoms with Crippen LogP contribution in [0.5, 0.6) is 0 Å². The summed E-state index contributed by atoms with van der Waals surface area (Å²) in [6, 6.07) is 10.6. The Morgan fingerprint density at radius 3 is 2.59 bits per heavy atom. The highest BCUT2D eigenvalue weighted by atomic mass is 14.3. The van der Waals surface area contributed by atoms with E-state index in [0.717, 1.165) is 12.8 Å². The molecule has 1 atom stereocenters. The fourth-order valence-electron chi connectivity index (χ4n) is 3.48. The largest absolute Gasteiger partial charge is 0.0989 e. The molecule has 1 saturated carbocycles. The lowest BCUT2D eigenvalue weighted by Crippen LogP contribution is -1.97. The molecule has 1 fully saturated rings. The topological polar surface area (TPSA) is 0 Å². The molecule has 3 rings (SSSR count). The molecule has 0 saturated heterocycles. The number of benzene rings is 1. The van der Waals surface area contributed by atoms with Crippen LogP contribution in [0.3, 0.4) is 0 Å². The van der Waals surface area contributed by atoms with Crippen molar-refractivity contribution in [2.75, 3.05) is 0 Å². The van der Waals surface area contributed by atoms with Crippen molar-refractivity contribution in [3.63, 3.8) is 0 Å². The quantitative estimate of drug-likeness (QED) is 0.574. The van der Waals surface area contributed by atoms with E-state index in [1.165, 1.54) is 46.3 Å². The van der Waals surface area contributed by atoms with Crippen molar-refractivity contribution in [3.05, 3.63) is 89.6 Å². The smallest absolute Gasteiger partial charge is 0.00456 e. The van der Waals surface area contributed by atoms with Gasteiger partial charge in [0.1, 0.15) is 0 Å². The second kappa shape index (κ2) is 6.36. The Morgan fingerprint density at radius 2 is 1.86 bits per heavy atom. The van der Waals surface area contributed by atoms with E-state index in [2.05, 4.69) is 68.6 Å². The molecular weight excluding hydrogens is 264 g/mol. The maximum Gasteiger partial charge on any atom is 0.00456 e. The maximum absolute atomic E-state index is 4.33.